The van der Waals surface area contributed by atoms with Crippen LogP contribution in [-0.2, 0) is 0 Å². The van der Waals surface area contributed by atoms with Gasteiger partial charge in [0.25, 0.3) is 5.91 Å². The largest absolute Gasteiger partial charge is 0.456 e. The van der Waals surface area contributed by atoms with Gasteiger partial charge in [0.05, 0.1) is 6.61 Å². The Morgan fingerprint density at radius 3 is 2.89 bits per heavy atom. The molecule has 1 heterocycles. The lowest BCUT2D eigenvalue weighted by Gasteiger charge is -2.29. The van der Waals surface area contributed by atoms with Crippen molar-refractivity contribution < 1.29 is 14.3 Å². The van der Waals surface area contributed by atoms with Gasteiger partial charge < -0.3 is 14.8 Å². The molecule has 0 spiro atoms. The Morgan fingerprint density at radius 2 is 2.33 bits per heavy atom. The van der Waals surface area contributed by atoms with Crippen LogP contribution in [0.5, 0.6) is 0 Å². The average Bonchev–Trinajstić information content (AvgIpc) is 2.85. The van der Waals surface area contributed by atoms with Crippen molar-refractivity contribution in [3.63, 3.8) is 0 Å². The fourth-order valence-electron chi connectivity index (χ4n) is 2.58. The summed E-state index contributed by atoms with van der Waals surface area (Å²) in [5.41, 5.74) is 0.781. The maximum Gasteiger partial charge on any atom is 0.287 e. The molecular formula is C14H21NO3. The molecule has 0 saturated heterocycles. The topological polar surface area (TPSA) is 62.5 Å². The number of carbonyl (C=O) groups is 1. The van der Waals surface area contributed by atoms with E-state index in [1.165, 1.54) is 0 Å². The van der Waals surface area contributed by atoms with E-state index in [2.05, 4.69) is 5.32 Å². The molecule has 0 bridgehead atoms. The average molecular weight is 251 g/mol. The molecule has 4 nitrogen and oxygen atoms in total. The summed E-state index contributed by atoms with van der Waals surface area (Å²) < 4.78 is 5.41. The van der Waals surface area contributed by atoms with Crippen molar-refractivity contribution in [3.05, 3.63) is 23.2 Å². The van der Waals surface area contributed by atoms with Gasteiger partial charge in [-0.3, -0.25) is 4.79 Å². The van der Waals surface area contributed by atoms with Gasteiger partial charge >= 0.3 is 0 Å². The second kappa shape index (κ2) is 4.76. The lowest BCUT2D eigenvalue weighted by atomic mass is 9.86. The first-order valence-corrected chi connectivity index (χ1v) is 6.45. The van der Waals surface area contributed by atoms with Crippen LogP contribution in [0, 0.1) is 19.3 Å². The molecule has 1 saturated carbocycles. The summed E-state index contributed by atoms with van der Waals surface area (Å²) in [6.45, 7) is 5.89. The molecule has 2 unspecified atom stereocenters. The summed E-state index contributed by atoms with van der Waals surface area (Å²) in [5, 5.41) is 12.4. The summed E-state index contributed by atoms with van der Waals surface area (Å²) in [6.07, 6.45) is 2.91. The van der Waals surface area contributed by atoms with Crippen LogP contribution >= 0.6 is 0 Å². The van der Waals surface area contributed by atoms with Crippen LogP contribution in [0.1, 0.15) is 48.1 Å². The monoisotopic (exact) mass is 251 g/mol. The van der Waals surface area contributed by atoms with E-state index in [0.29, 0.717) is 5.76 Å². The van der Waals surface area contributed by atoms with Gasteiger partial charge in [-0.05, 0) is 38.3 Å². The quantitative estimate of drug-likeness (QED) is 0.865. The molecule has 1 aliphatic carbocycles. The van der Waals surface area contributed by atoms with E-state index in [9.17, 15) is 9.90 Å². The molecule has 18 heavy (non-hydrogen) atoms. The SMILES string of the molecule is Cc1cc(C(=O)NC2CCCC2(C)CO)oc1C. The molecule has 0 aromatic carbocycles. The summed E-state index contributed by atoms with van der Waals surface area (Å²) in [7, 11) is 0. The first kappa shape index (κ1) is 13.1. The molecule has 1 aromatic heterocycles. The standard InChI is InChI=1S/C14H21NO3/c1-9-7-11(18-10(9)2)13(17)15-12-5-4-6-14(12,3)8-16/h7,12,16H,4-6,8H2,1-3H3,(H,15,17). The molecule has 0 radical (unpaired) electrons. The summed E-state index contributed by atoms with van der Waals surface area (Å²) in [4.78, 5) is 12.1. The van der Waals surface area contributed by atoms with Crippen molar-refractivity contribution in [2.45, 2.75) is 46.1 Å². The van der Waals surface area contributed by atoms with E-state index in [4.69, 9.17) is 4.42 Å². The van der Waals surface area contributed by atoms with E-state index in [0.717, 1.165) is 30.6 Å². The number of hydrogen-bond acceptors (Lipinski definition) is 3. The second-order valence-electron chi connectivity index (χ2n) is 5.58. The predicted octanol–water partition coefficient (Wildman–Crippen LogP) is 2.18. The van der Waals surface area contributed by atoms with E-state index < -0.39 is 0 Å². The molecule has 1 fully saturated rings. The van der Waals surface area contributed by atoms with Crippen molar-refractivity contribution in [2.24, 2.45) is 5.41 Å². The maximum absolute atomic E-state index is 12.1. The van der Waals surface area contributed by atoms with Crippen molar-refractivity contribution >= 4 is 5.91 Å². The minimum atomic E-state index is -0.202. The number of aliphatic hydroxyl groups excluding tert-OH is 1. The number of furan rings is 1. The molecule has 0 aliphatic heterocycles. The van der Waals surface area contributed by atoms with E-state index in [1.807, 2.05) is 20.8 Å². The van der Waals surface area contributed by atoms with Gasteiger partial charge in [-0.2, -0.15) is 0 Å². The minimum Gasteiger partial charge on any atom is -0.456 e. The van der Waals surface area contributed by atoms with Crippen LogP contribution in [0.2, 0.25) is 0 Å². The van der Waals surface area contributed by atoms with Crippen LogP contribution in [-0.4, -0.2) is 23.7 Å². The highest BCUT2D eigenvalue weighted by Gasteiger charge is 2.39. The Labute approximate surface area is 107 Å². The van der Waals surface area contributed by atoms with Gasteiger partial charge in [0.1, 0.15) is 5.76 Å². The van der Waals surface area contributed by atoms with Gasteiger partial charge in [0.2, 0.25) is 0 Å². The number of amides is 1. The number of carbonyl (C=O) groups excluding carboxylic acids is 1. The zero-order chi connectivity index (χ0) is 13.3. The van der Waals surface area contributed by atoms with Crippen molar-refractivity contribution in [3.8, 4) is 0 Å². The zero-order valence-electron chi connectivity index (χ0n) is 11.2. The summed E-state index contributed by atoms with van der Waals surface area (Å²) in [5.74, 6) is 0.950. The Hall–Kier alpha value is -1.29. The van der Waals surface area contributed by atoms with E-state index in [1.54, 1.807) is 6.07 Å². The van der Waals surface area contributed by atoms with Crippen molar-refractivity contribution in [1.29, 1.82) is 0 Å². The smallest absolute Gasteiger partial charge is 0.287 e. The third-order valence-electron chi connectivity index (χ3n) is 4.14. The summed E-state index contributed by atoms with van der Waals surface area (Å²) in [6, 6.07) is 1.79. The first-order chi connectivity index (χ1) is 8.46. The van der Waals surface area contributed by atoms with Gasteiger partial charge in [-0.15, -0.1) is 0 Å². The molecule has 2 N–H and O–H groups in total. The Balaban J connectivity index is 2.08. The molecule has 2 rings (SSSR count). The lowest BCUT2D eigenvalue weighted by Crippen LogP contribution is -2.44. The normalized spacial score (nSPS) is 27.4. The van der Waals surface area contributed by atoms with Crippen molar-refractivity contribution in [1.82, 2.24) is 5.32 Å². The molecule has 4 heteroatoms. The molecular weight excluding hydrogens is 230 g/mol. The Kier molecular flexibility index (Phi) is 3.48. The number of nitrogens with one attached hydrogen (secondary N) is 1. The number of aliphatic hydroxyl groups is 1. The maximum atomic E-state index is 12.1. The highest BCUT2D eigenvalue weighted by Crippen LogP contribution is 2.37. The molecule has 2 atom stereocenters. The van der Waals surface area contributed by atoms with Crippen molar-refractivity contribution in [2.75, 3.05) is 6.61 Å². The Bertz CT molecular complexity index is 432. The highest BCUT2D eigenvalue weighted by molar-refractivity contribution is 5.92. The molecule has 1 aromatic rings. The molecule has 1 amide bonds. The van der Waals surface area contributed by atoms with E-state index in [-0.39, 0.29) is 24.0 Å². The minimum absolute atomic E-state index is 0.0284. The summed E-state index contributed by atoms with van der Waals surface area (Å²) >= 11 is 0. The van der Waals surface area contributed by atoms with Gasteiger partial charge in [0.15, 0.2) is 5.76 Å². The lowest BCUT2D eigenvalue weighted by molar-refractivity contribution is 0.0804. The molecule has 1 aliphatic rings. The fraction of sp³-hybridized carbons (Fsp3) is 0.643. The zero-order valence-corrected chi connectivity index (χ0v) is 11.2. The second-order valence-corrected chi connectivity index (χ2v) is 5.58. The van der Waals surface area contributed by atoms with Crippen LogP contribution in [0.15, 0.2) is 10.5 Å². The van der Waals surface area contributed by atoms with Gasteiger partial charge in [0, 0.05) is 11.5 Å². The van der Waals surface area contributed by atoms with E-state index >= 15 is 0 Å². The fourth-order valence-corrected chi connectivity index (χ4v) is 2.58. The van der Waals surface area contributed by atoms with Crippen LogP contribution in [0.4, 0.5) is 0 Å². The third-order valence-corrected chi connectivity index (χ3v) is 4.14. The van der Waals surface area contributed by atoms with Gasteiger partial charge in [-0.25, -0.2) is 0 Å². The highest BCUT2D eigenvalue weighted by atomic mass is 16.3. The number of rotatable bonds is 3. The molecule has 100 valence electrons. The van der Waals surface area contributed by atoms with Crippen LogP contribution in [0.25, 0.3) is 0 Å². The predicted molar refractivity (Wildman–Crippen MR) is 68.5 cm³/mol. The number of hydrogen-bond donors (Lipinski definition) is 2. The van der Waals surface area contributed by atoms with Crippen LogP contribution in [0.3, 0.4) is 0 Å². The van der Waals surface area contributed by atoms with Crippen LogP contribution < -0.4 is 5.32 Å². The first-order valence-electron chi connectivity index (χ1n) is 6.45. The third kappa shape index (κ3) is 2.29. The Morgan fingerprint density at radius 1 is 1.61 bits per heavy atom. The number of aryl methyl sites for hydroxylation is 2. The van der Waals surface area contributed by atoms with Gasteiger partial charge in [-0.1, -0.05) is 13.3 Å².